The van der Waals surface area contributed by atoms with Gasteiger partial charge < -0.3 is 14.6 Å². The van der Waals surface area contributed by atoms with Crippen LogP contribution < -0.4 is 4.74 Å². The van der Waals surface area contributed by atoms with Crippen molar-refractivity contribution in [3.05, 3.63) is 65.5 Å². The van der Waals surface area contributed by atoms with Gasteiger partial charge in [0.15, 0.2) is 6.79 Å². The Morgan fingerprint density at radius 2 is 1.90 bits per heavy atom. The summed E-state index contributed by atoms with van der Waals surface area (Å²) < 4.78 is 24.2. The van der Waals surface area contributed by atoms with Gasteiger partial charge in [0.1, 0.15) is 11.6 Å². The molecule has 0 amide bonds. The Morgan fingerprint density at radius 3 is 2.55 bits per heavy atom. The van der Waals surface area contributed by atoms with E-state index in [0.717, 1.165) is 5.56 Å². The molecule has 0 aromatic heterocycles. The van der Waals surface area contributed by atoms with E-state index in [1.807, 2.05) is 30.3 Å². The minimum absolute atomic E-state index is 0.0440. The van der Waals surface area contributed by atoms with Gasteiger partial charge in [0.25, 0.3) is 0 Å². The smallest absolute Gasteiger partial charge is 0.189 e. The fourth-order valence-electron chi connectivity index (χ4n) is 1.78. The Morgan fingerprint density at radius 1 is 1.15 bits per heavy atom. The Balaban J connectivity index is 1.81. The normalized spacial score (nSPS) is 12.2. The maximum Gasteiger partial charge on any atom is 0.189 e. The SMILES string of the molecule is CC(O)c1ccc(OCOCc2ccccc2)cc1F. The van der Waals surface area contributed by atoms with E-state index in [1.165, 1.54) is 19.1 Å². The molecule has 0 fully saturated rings. The maximum atomic E-state index is 13.6. The molecule has 0 aliphatic carbocycles. The molecule has 0 saturated carbocycles. The first-order valence-corrected chi connectivity index (χ1v) is 6.39. The molecule has 0 spiro atoms. The highest BCUT2D eigenvalue weighted by Crippen LogP contribution is 2.21. The average Bonchev–Trinajstić information content (AvgIpc) is 2.44. The summed E-state index contributed by atoms with van der Waals surface area (Å²) in [4.78, 5) is 0. The highest BCUT2D eigenvalue weighted by atomic mass is 19.1. The van der Waals surface area contributed by atoms with Crippen LogP contribution in [0.25, 0.3) is 0 Å². The zero-order valence-electron chi connectivity index (χ0n) is 11.3. The van der Waals surface area contributed by atoms with Gasteiger partial charge in [-0.2, -0.15) is 0 Å². The van der Waals surface area contributed by atoms with E-state index < -0.39 is 11.9 Å². The topological polar surface area (TPSA) is 38.7 Å². The second-order valence-electron chi connectivity index (χ2n) is 4.46. The van der Waals surface area contributed by atoms with Crippen molar-refractivity contribution < 1.29 is 19.0 Å². The van der Waals surface area contributed by atoms with Gasteiger partial charge in [0, 0.05) is 11.6 Å². The molecule has 3 nitrogen and oxygen atoms in total. The maximum absolute atomic E-state index is 13.6. The van der Waals surface area contributed by atoms with Crippen molar-refractivity contribution in [1.82, 2.24) is 0 Å². The van der Waals surface area contributed by atoms with Crippen molar-refractivity contribution in [2.45, 2.75) is 19.6 Å². The van der Waals surface area contributed by atoms with E-state index in [0.29, 0.717) is 12.4 Å². The van der Waals surface area contributed by atoms with Gasteiger partial charge in [-0.3, -0.25) is 0 Å². The summed E-state index contributed by atoms with van der Waals surface area (Å²) in [7, 11) is 0. The van der Waals surface area contributed by atoms with Gasteiger partial charge in [0.2, 0.25) is 0 Å². The Labute approximate surface area is 117 Å². The minimum Gasteiger partial charge on any atom is -0.467 e. The summed E-state index contributed by atoms with van der Waals surface area (Å²) in [6, 6.07) is 14.1. The zero-order valence-corrected chi connectivity index (χ0v) is 11.3. The molecule has 1 N–H and O–H groups in total. The van der Waals surface area contributed by atoms with Crippen molar-refractivity contribution in [3.63, 3.8) is 0 Å². The van der Waals surface area contributed by atoms with Crippen molar-refractivity contribution in [2.24, 2.45) is 0 Å². The molecule has 106 valence electrons. The molecule has 20 heavy (non-hydrogen) atoms. The summed E-state index contributed by atoms with van der Waals surface area (Å²) in [5.74, 6) is -0.111. The number of ether oxygens (including phenoxy) is 2. The first-order chi connectivity index (χ1) is 9.66. The summed E-state index contributed by atoms with van der Waals surface area (Å²) in [6.07, 6.45) is -0.835. The molecule has 1 atom stereocenters. The molecule has 4 heteroatoms. The van der Waals surface area contributed by atoms with Gasteiger partial charge in [0.05, 0.1) is 12.7 Å². The van der Waals surface area contributed by atoms with Gasteiger partial charge in [-0.25, -0.2) is 4.39 Å². The van der Waals surface area contributed by atoms with Crippen LogP contribution in [0.5, 0.6) is 5.75 Å². The first kappa shape index (κ1) is 14.5. The molecule has 2 aromatic carbocycles. The lowest BCUT2D eigenvalue weighted by atomic mass is 10.1. The lowest BCUT2D eigenvalue weighted by Crippen LogP contribution is -2.04. The van der Waals surface area contributed by atoms with Gasteiger partial charge >= 0.3 is 0 Å². The van der Waals surface area contributed by atoms with Crippen LogP contribution >= 0.6 is 0 Å². The van der Waals surface area contributed by atoms with Crippen LogP contribution in [0.1, 0.15) is 24.2 Å². The molecule has 0 radical (unpaired) electrons. The third kappa shape index (κ3) is 4.05. The van der Waals surface area contributed by atoms with Gasteiger partial charge in [-0.1, -0.05) is 30.3 Å². The molecule has 2 aromatic rings. The summed E-state index contributed by atoms with van der Waals surface area (Å²) >= 11 is 0. The fraction of sp³-hybridized carbons (Fsp3) is 0.250. The van der Waals surface area contributed by atoms with Crippen molar-refractivity contribution >= 4 is 0 Å². The number of aliphatic hydroxyl groups excluding tert-OH is 1. The molecule has 0 aliphatic heterocycles. The minimum atomic E-state index is -0.835. The van der Waals surface area contributed by atoms with Crippen molar-refractivity contribution in [1.29, 1.82) is 0 Å². The van der Waals surface area contributed by atoms with E-state index >= 15 is 0 Å². The van der Waals surface area contributed by atoms with Crippen molar-refractivity contribution in [2.75, 3.05) is 6.79 Å². The van der Waals surface area contributed by atoms with Crippen LogP contribution in [-0.4, -0.2) is 11.9 Å². The predicted molar refractivity (Wildman–Crippen MR) is 73.8 cm³/mol. The molecule has 0 bridgehead atoms. The lowest BCUT2D eigenvalue weighted by molar-refractivity contribution is 0.00486. The monoisotopic (exact) mass is 276 g/mol. The van der Waals surface area contributed by atoms with Crippen LogP contribution in [0.2, 0.25) is 0 Å². The molecule has 0 saturated heterocycles. The molecular weight excluding hydrogens is 259 g/mol. The van der Waals surface area contributed by atoms with Gasteiger partial charge in [-0.15, -0.1) is 0 Å². The summed E-state index contributed by atoms with van der Waals surface area (Å²) in [6.45, 7) is 2.00. The lowest BCUT2D eigenvalue weighted by Gasteiger charge is -2.10. The van der Waals surface area contributed by atoms with Crippen LogP contribution in [-0.2, 0) is 11.3 Å². The third-order valence-electron chi connectivity index (χ3n) is 2.84. The van der Waals surface area contributed by atoms with E-state index in [-0.39, 0.29) is 12.4 Å². The molecular formula is C16H17FO3. The number of hydrogen-bond acceptors (Lipinski definition) is 3. The highest BCUT2D eigenvalue weighted by Gasteiger charge is 2.08. The molecule has 2 rings (SSSR count). The Hall–Kier alpha value is -1.91. The van der Waals surface area contributed by atoms with Crippen LogP contribution in [0, 0.1) is 5.82 Å². The average molecular weight is 276 g/mol. The van der Waals surface area contributed by atoms with E-state index in [2.05, 4.69) is 0 Å². The number of benzene rings is 2. The van der Waals surface area contributed by atoms with Crippen LogP contribution in [0.3, 0.4) is 0 Å². The number of aliphatic hydroxyl groups is 1. The second kappa shape index (κ2) is 7.03. The summed E-state index contributed by atoms with van der Waals surface area (Å²) in [5.41, 5.74) is 1.30. The standard InChI is InChI=1S/C16H17FO3/c1-12(18)15-8-7-14(9-16(15)17)20-11-19-10-13-5-3-2-4-6-13/h2-9,12,18H,10-11H2,1H3. The highest BCUT2D eigenvalue weighted by molar-refractivity contribution is 5.29. The van der Waals surface area contributed by atoms with Crippen LogP contribution in [0.4, 0.5) is 4.39 Å². The number of hydrogen-bond donors (Lipinski definition) is 1. The number of halogens is 1. The third-order valence-corrected chi connectivity index (χ3v) is 2.84. The second-order valence-corrected chi connectivity index (χ2v) is 4.46. The molecule has 0 aliphatic rings. The Bertz CT molecular complexity index is 541. The largest absolute Gasteiger partial charge is 0.467 e. The van der Waals surface area contributed by atoms with E-state index in [1.54, 1.807) is 6.07 Å². The number of rotatable bonds is 6. The van der Waals surface area contributed by atoms with E-state index in [4.69, 9.17) is 9.47 Å². The molecule has 1 unspecified atom stereocenters. The Kier molecular flexibility index (Phi) is 5.09. The zero-order chi connectivity index (χ0) is 14.4. The fourth-order valence-corrected chi connectivity index (χ4v) is 1.78. The molecule has 0 heterocycles. The van der Waals surface area contributed by atoms with E-state index in [9.17, 15) is 9.50 Å². The van der Waals surface area contributed by atoms with Crippen molar-refractivity contribution in [3.8, 4) is 5.75 Å². The predicted octanol–water partition coefficient (Wildman–Crippen LogP) is 3.43. The quantitative estimate of drug-likeness (QED) is 0.649. The van der Waals surface area contributed by atoms with Crippen LogP contribution in [0.15, 0.2) is 48.5 Å². The summed E-state index contributed by atoms with van der Waals surface area (Å²) in [5, 5.41) is 9.33. The first-order valence-electron chi connectivity index (χ1n) is 6.39. The van der Waals surface area contributed by atoms with Gasteiger partial charge in [-0.05, 0) is 24.6 Å².